The van der Waals surface area contributed by atoms with Crippen molar-refractivity contribution in [2.24, 2.45) is 0 Å². The van der Waals surface area contributed by atoms with E-state index in [0.29, 0.717) is 11.3 Å². The van der Waals surface area contributed by atoms with Crippen molar-refractivity contribution in [3.63, 3.8) is 0 Å². The maximum Gasteiger partial charge on any atom is 0.425 e. The number of aliphatic hydroxyl groups is 1. The second kappa shape index (κ2) is 4.90. The van der Waals surface area contributed by atoms with Crippen LogP contribution in [0, 0.1) is 11.8 Å². The first kappa shape index (κ1) is 12.4. The molecule has 0 amide bonds. The van der Waals surface area contributed by atoms with Crippen LogP contribution >= 0.6 is 0 Å². The summed E-state index contributed by atoms with van der Waals surface area (Å²) in [4.78, 5) is 0. The standard InChI is InChI=1S/C11H9F3O2/c1-16-9-5-2-8(3-6-9)4-7-10(15)11(12,13)14/h2-3,5-6,10,15H,1H3/t10-/m0/s1. The third-order valence-corrected chi connectivity index (χ3v) is 1.75. The summed E-state index contributed by atoms with van der Waals surface area (Å²) >= 11 is 0. The Morgan fingerprint density at radius 1 is 1.25 bits per heavy atom. The lowest BCUT2D eigenvalue weighted by atomic mass is 10.2. The molecule has 0 saturated heterocycles. The van der Waals surface area contributed by atoms with Gasteiger partial charge in [0.1, 0.15) is 5.75 Å². The van der Waals surface area contributed by atoms with Crippen LogP contribution in [0.2, 0.25) is 0 Å². The van der Waals surface area contributed by atoms with Crippen LogP contribution in [0.3, 0.4) is 0 Å². The van der Waals surface area contributed by atoms with Crippen LogP contribution in [-0.2, 0) is 0 Å². The van der Waals surface area contributed by atoms with Gasteiger partial charge in [-0.3, -0.25) is 0 Å². The van der Waals surface area contributed by atoms with Crippen molar-refractivity contribution in [3.05, 3.63) is 29.8 Å². The van der Waals surface area contributed by atoms with E-state index < -0.39 is 12.3 Å². The summed E-state index contributed by atoms with van der Waals surface area (Å²) in [6.07, 6.45) is -7.32. The van der Waals surface area contributed by atoms with Crippen LogP contribution in [0.15, 0.2) is 24.3 Å². The van der Waals surface area contributed by atoms with Crippen LogP contribution in [-0.4, -0.2) is 24.5 Å². The number of alkyl halides is 3. The third kappa shape index (κ3) is 3.48. The predicted molar refractivity (Wildman–Crippen MR) is 51.9 cm³/mol. The molecule has 0 aromatic heterocycles. The summed E-state index contributed by atoms with van der Waals surface area (Å²) in [5.41, 5.74) is 0.379. The van der Waals surface area contributed by atoms with Crippen molar-refractivity contribution in [2.45, 2.75) is 12.3 Å². The number of hydrogen-bond acceptors (Lipinski definition) is 2. The van der Waals surface area contributed by atoms with E-state index in [9.17, 15) is 13.2 Å². The van der Waals surface area contributed by atoms with Crippen molar-refractivity contribution >= 4 is 0 Å². The van der Waals surface area contributed by atoms with E-state index in [2.05, 4.69) is 5.92 Å². The van der Waals surface area contributed by atoms with Gasteiger partial charge in [-0.2, -0.15) is 13.2 Å². The Balaban J connectivity index is 2.77. The highest BCUT2D eigenvalue weighted by Gasteiger charge is 2.36. The molecule has 0 bridgehead atoms. The first-order valence-corrected chi connectivity index (χ1v) is 4.34. The van der Waals surface area contributed by atoms with Crippen molar-refractivity contribution in [2.75, 3.05) is 7.11 Å². The number of methoxy groups -OCH3 is 1. The van der Waals surface area contributed by atoms with Gasteiger partial charge in [-0.25, -0.2) is 0 Å². The number of ether oxygens (including phenoxy) is 1. The van der Waals surface area contributed by atoms with Gasteiger partial charge in [-0.15, -0.1) is 0 Å². The predicted octanol–water partition coefficient (Wildman–Crippen LogP) is 1.97. The van der Waals surface area contributed by atoms with Gasteiger partial charge >= 0.3 is 6.18 Å². The summed E-state index contributed by atoms with van der Waals surface area (Å²) in [6.45, 7) is 0. The summed E-state index contributed by atoms with van der Waals surface area (Å²) in [5.74, 6) is 4.53. The maximum atomic E-state index is 11.9. The molecule has 16 heavy (non-hydrogen) atoms. The average Bonchev–Trinajstić information content (AvgIpc) is 2.25. The molecule has 0 fully saturated rings. The van der Waals surface area contributed by atoms with Crippen molar-refractivity contribution < 1.29 is 23.0 Å². The average molecular weight is 230 g/mol. The maximum absolute atomic E-state index is 11.9. The summed E-state index contributed by atoms with van der Waals surface area (Å²) in [5, 5.41) is 8.62. The van der Waals surface area contributed by atoms with Gasteiger partial charge in [0, 0.05) is 5.56 Å². The zero-order valence-electron chi connectivity index (χ0n) is 8.38. The first-order valence-electron chi connectivity index (χ1n) is 4.34. The molecule has 1 aromatic rings. The summed E-state index contributed by atoms with van der Waals surface area (Å²) < 4.78 is 40.6. The lowest BCUT2D eigenvalue weighted by Crippen LogP contribution is -2.26. The summed E-state index contributed by atoms with van der Waals surface area (Å²) in [7, 11) is 1.48. The van der Waals surface area contributed by atoms with Crippen LogP contribution in [0.5, 0.6) is 5.75 Å². The molecule has 2 nitrogen and oxygen atoms in total. The van der Waals surface area contributed by atoms with E-state index in [-0.39, 0.29) is 0 Å². The molecular weight excluding hydrogens is 221 g/mol. The molecule has 1 aromatic carbocycles. The van der Waals surface area contributed by atoms with Gasteiger partial charge in [-0.05, 0) is 24.3 Å². The highest BCUT2D eigenvalue weighted by atomic mass is 19.4. The second-order valence-corrected chi connectivity index (χ2v) is 2.94. The van der Waals surface area contributed by atoms with Crippen molar-refractivity contribution in [1.29, 1.82) is 0 Å². The van der Waals surface area contributed by atoms with Crippen LogP contribution in [0.1, 0.15) is 5.56 Å². The molecule has 0 unspecified atom stereocenters. The van der Waals surface area contributed by atoms with Gasteiger partial charge in [0.2, 0.25) is 6.10 Å². The minimum atomic E-state index is -4.71. The Bertz CT molecular complexity index is 398. The first-order chi connectivity index (χ1) is 7.43. The number of halogens is 3. The number of rotatable bonds is 1. The quantitative estimate of drug-likeness (QED) is 0.747. The van der Waals surface area contributed by atoms with E-state index in [1.165, 1.54) is 19.2 Å². The Kier molecular flexibility index (Phi) is 3.80. The fourth-order valence-corrected chi connectivity index (χ4v) is 0.908. The van der Waals surface area contributed by atoms with Crippen LogP contribution in [0.4, 0.5) is 13.2 Å². The second-order valence-electron chi connectivity index (χ2n) is 2.94. The topological polar surface area (TPSA) is 29.5 Å². The monoisotopic (exact) mass is 230 g/mol. The minimum Gasteiger partial charge on any atom is -0.497 e. The molecule has 0 aliphatic heterocycles. The number of benzene rings is 1. The molecule has 0 aliphatic rings. The van der Waals surface area contributed by atoms with Crippen LogP contribution < -0.4 is 4.74 Å². The third-order valence-electron chi connectivity index (χ3n) is 1.75. The van der Waals surface area contributed by atoms with Gasteiger partial charge < -0.3 is 9.84 Å². The highest BCUT2D eigenvalue weighted by molar-refractivity contribution is 5.38. The van der Waals surface area contributed by atoms with E-state index >= 15 is 0 Å². The summed E-state index contributed by atoms with van der Waals surface area (Å²) in [6, 6.07) is 6.16. The molecule has 0 heterocycles. The highest BCUT2D eigenvalue weighted by Crippen LogP contribution is 2.19. The van der Waals surface area contributed by atoms with E-state index in [1.807, 2.05) is 0 Å². The molecule has 1 atom stereocenters. The molecule has 0 saturated carbocycles. The fourth-order valence-electron chi connectivity index (χ4n) is 0.908. The van der Waals surface area contributed by atoms with E-state index in [0.717, 1.165) is 0 Å². The van der Waals surface area contributed by atoms with Gasteiger partial charge in [-0.1, -0.05) is 11.8 Å². The lowest BCUT2D eigenvalue weighted by molar-refractivity contribution is -0.184. The molecule has 5 heteroatoms. The molecule has 0 aliphatic carbocycles. The Labute approximate surface area is 90.7 Å². The number of hydrogen-bond donors (Lipinski definition) is 1. The molecule has 1 rings (SSSR count). The van der Waals surface area contributed by atoms with Crippen LogP contribution in [0.25, 0.3) is 0 Å². The Morgan fingerprint density at radius 2 is 1.81 bits per heavy atom. The zero-order chi connectivity index (χ0) is 12.2. The molecule has 86 valence electrons. The van der Waals surface area contributed by atoms with Gasteiger partial charge in [0.15, 0.2) is 0 Å². The fraction of sp³-hybridized carbons (Fsp3) is 0.273. The SMILES string of the molecule is COc1ccc(C#C[C@H](O)C(F)(F)F)cc1. The van der Waals surface area contributed by atoms with Gasteiger partial charge in [0.25, 0.3) is 0 Å². The molecular formula is C11H9F3O2. The van der Waals surface area contributed by atoms with E-state index in [4.69, 9.17) is 9.84 Å². The molecule has 0 radical (unpaired) electrons. The minimum absolute atomic E-state index is 0.379. The van der Waals surface area contributed by atoms with Crippen molar-refractivity contribution in [1.82, 2.24) is 0 Å². The normalized spacial score (nSPS) is 12.6. The molecule has 1 N–H and O–H groups in total. The zero-order valence-corrected chi connectivity index (χ0v) is 8.38. The largest absolute Gasteiger partial charge is 0.497 e. The Hall–Kier alpha value is -1.67. The smallest absolute Gasteiger partial charge is 0.425 e. The lowest BCUT2D eigenvalue weighted by Gasteiger charge is -2.06. The molecule has 0 spiro atoms. The van der Waals surface area contributed by atoms with E-state index in [1.54, 1.807) is 18.1 Å². The van der Waals surface area contributed by atoms with Gasteiger partial charge in [0.05, 0.1) is 7.11 Å². The Morgan fingerprint density at radius 3 is 2.25 bits per heavy atom. The van der Waals surface area contributed by atoms with Crippen molar-refractivity contribution in [3.8, 4) is 17.6 Å². The number of aliphatic hydroxyl groups excluding tert-OH is 1.